The Balaban J connectivity index is 1.54. The standard InChI is InChI=1S/C22H26N2O5S/c1-28-18-7-3-16(4-8-18)11-12-23-13-22(25)24(17-5-9-19(29-2)10-6-17)21-15-30(26,27)14-20(21)23/h3-10,20-21H,11-15H2,1-2H3. The van der Waals surface area contributed by atoms with Crippen LogP contribution in [0, 0.1) is 0 Å². The highest BCUT2D eigenvalue weighted by molar-refractivity contribution is 7.91. The number of benzene rings is 2. The van der Waals surface area contributed by atoms with Gasteiger partial charge in [-0.2, -0.15) is 0 Å². The van der Waals surface area contributed by atoms with E-state index in [9.17, 15) is 13.2 Å². The van der Waals surface area contributed by atoms with E-state index in [4.69, 9.17) is 9.47 Å². The molecule has 0 bridgehead atoms. The number of piperazine rings is 1. The summed E-state index contributed by atoms with van der Waals surface area (Å²) in [6.45, 7) is 0.837. The molecule has 0 saturated carbocycles. The molecule has 2 saturated heterocycles. The van der Waals surface area contributed by atoms with Crippen LogP contribution in [0.25, 0.3) is 0 Å². The number of sulfone groups is 1. The van der Waals surface area contributed by atoms with Crippen LogP contribution in [0.4, 0.5) is 5.69 Å². The van der Waals surface area contributed by atoms with Crippen molar-refractivity contribution < 1.29 is 22.7 Å². The molecule has 30 heavy (non-hydrogen) atoms. The fourth-order valence-electron chi connectivity index (χ4n) is 4.35. The van der Waals surface area contributed by atoms with Crippen molar-refractivity contribution in [3.63, 3.8) is 0 Å². The minimum Gasteiger partial charge on any atom is -0.497 e. The number of rotatable bonds is 6. The summed E-state index contributed by atoms with van der Waals surface area (Å²) in [5.41, 5.74) is 1.83. The van der Waals surface area contributed by atoms with Crippen molar-refractivity contribution in [2.75, 3.05) is 43.7 Å². The van der Waals surface area contributed by atoms with E-state index in [0.717, 1.165) is 17.7 Å². The van der Waals surface area contributed by atoms with E-state index in [0.29, 0.717) is 18.0 Å². The second-order valence-corrected chi connectivity index (χ2v) is 9.90. The molecule has 2 aromatic rings. The molecule has 2 unspecified atom stereocenters. The third kappa shape index (κ3) is 4.15. The first kappa shape index (κ1) is 20.7. The summed E-state index contributed by atoms with van der Waals surface area (Å²) in [6, 6.07) is 14.4. The number of nitrogens with zero attached hydrogens (tertiary/aromatic N) is 2. The summed E-state index contributed by atoms with van der Waals surface area (Å²) >= 11 is 0. The topological polar surface area (TPSA) is 76.2 Å². The monoisotopic (exact) mass is 430 g/mol. The van der Waals surface area contributed by atoms with Crippen molar-refractivity contribution in [3.8, 4) is 11.5 Å². The average Bonchev–Trinajstić information content (AvgIpc) is 3.07. The van der Waals surface area contributed by atoms with Gasteiger partial charge in [0.1, 0.15) is 11.5 Å². The third-order valence-corrected chi connectivity index (χ3v) is 7.60. The smallest absolute Gasteiger partial charge is 0.241 e. The number of anilines is 1. The maximum atomic E-state index is 13.0. The van der Waals surface area contributed by atoms with E-state index in [-0.39, 0.29) is 36.0 Å². The summed E-state index contributed by atoms with van der Waals surface area (Å²) < 4.78 is 35.3. The summed E-state index contributed by atoms with van der Waals surface area (Å²) in [7, 11) is 0.00555. The van der Waals surface area contributed by atoms with Gasteiger partial charge in [-0.25, -0.2) is 8.42 Å². The first-order valence-corrected chi connectivity index (χ1v) is 11.8. The number of hydrogen-bond acceptors (Lipinski definition) is 6. The lowest BCUT2D eigenvalue weighted by atomic mass is 10.0. The Hall–Kier alpha value is -2.58. The van der Waals surface area contributed by atoms with Crippen molar-refractivity contribution in [1.29, 1.82) is 0 Å². The molecule has 2 aliphatic heterocycles. The Labute approximate surface area is 177 Å². The van der Waals surface area contributed by atoms with Crippen molar-refractivity contribution >= 4 is 21.4 Å². The van der Waals surface area contributed by atoms with Crippen LogP contribution in [0.5, 0.6) is 11.5 Å². The summed E-state index contributed by atoms with van der Waals surface area (Å²) in [6.07, 6.45) is 0.739. The molecule has 0 aliphatic carbocycles. The quantitative estimate of drug-likeness (QED) is 0.695. The Morgan fingerprint density at radius 1 is 0.900 bits per heavy atom. The largest absolute Gasteiger partial charge is 0.497 e. The molecule has 4 rings (SSSR count). The van der Waals surface area contributed by atoms with Crippen LogP contribution in [-0.4, -0.2) is 70.1 Å². The summed E-state index contributed by atoms with van der Waals surface area (Å²) in [4.78, 5) is 16.7. The number of carbonyl (C=O) groups is 1. The molecule has 0 radical (unpaired) electrons. The van der Waals surface area contributed by atoms with Crippen molar-refractivity contribution in [2.45, 2.75) is 18.5 Å². The summed E-state index contributed by atoms with van der Waals surface area (Å²) in [5, 5.41) is 0. The molecular weight excluding hydrogens is 404 g/mol. The average molecular weight is 431 g/mol. The first-order valence-electron chi connectivity index (χ1n) is 9.94. The van der Waals surface area contributed by atoms with Crippen molar-refractivity contribution in [1.82, 2.24) is 4.90 Å². The molecule has 2 atom stereocenters. The highest BCUT2D eigenvalue weighted by Crippen LogP contribution is 2.32. The molecule has 1 amide bonds. The first-order chi connectivity index (χ1) is 14.4. The molecule has 8 heteroatoms. The number of ether oxygens (including phenoxy) is 2. The van der Waals surface area contributed by atoms with Crippen LogP contribution in [0.2, 0.25) is 0 Å². The zero-order valence-electron chi connectivity index (χ0n) is 17.2. The minimum absolute atomic E-state index is 0.00548. The zero-order valence-corrected chi connectivity index (χ0v) is 18.0. The van der Waals surface area contributed by atoms with Crippen LogP contribution in [0.15, 0.2) is 48.5 Å². The Bertz CT molecular complexity index is 1000. The fraction of sp³-hybridized carbons (Fsp3) is 0.409. The molecule has 0 N–H and O–H groups in total. The molecule has 160 valence electrons. The highest BCUT2D eigenvalue weighted by Gasteiger charge is 2.49. The number of hydrogen-bond donors (Lipinski definition) is 0. The van der Waals surface area contributed by atoms with Gasteiger partial charge in [0.15, 0.2) is 9.84 Å². The van der Waals surface area contributed by atoms with E-state index in [1.54, 1.807) is 31.3 Å². The van der Waals surface area contributed by atoms with Crippen LogP contribution in [0.3, 0.4) is 0 Å². The number of carbonyl (C=O) groups excluding carboxylic acids is 1. The lowest BCUT2D eigenvalue weighted by Crippen LogP contribution is -2.62. The number of methoxy groups -OCH3 is 2. The Morgan fingerprint density at radius 2 is 1.47 bits per heavy atom. The molecule has 7 nitrogen and oxygen atoms in total. The maximum Gasteiger partial charge on any atom is 0.241 e. The van der Waals surface area contributed by atoms with Gasteiger partial charge in [0.2, 0.25) is 5.91 Å². The molecule has 2 aromatic carbocycles. The lowest BCUT2D eigenvalue weighted by Gasteiger charge is -2.43. The van der Waals surface area contributed by atoms with E-state index in [1.807, 2.05) is 41.3 Å². The fourth-order valence-corrected chi connectivity index (χ4v) is 6.33. The van der Waals surface area contributed by atoms with E-state index >= 15 is 0 Å². The molecule has 0 aromatic heterocycles. The number of amides is 1. The van der Waals surface area contributed by atoms with Gasteiger partial charge in [-0.1, -0.05) is 12.1 Å². The van der Waals surface area contributed by atoms with E-state index in [2.05, 4.69) is 0 Å². The minimum atomic E-state index is -3.21. The van der Waals surface area contributed by atoms with Gasteiger partial charge >= 0.3 is 0 Å². The van der Waals surface area contributed by atoms with Gasteiger partial charge in [0.05, 0.1) is 38.3 Å². The van der Waals surface area contributed by atoms with E-state index in [1.165, 1.54) is 0 Å². The maximum absolute atomic E-state index is 13.0. The van der Waals surface area contributed by atoms with Gasteiger partial charge in [-0.05, 0) is 48.4 Å². The molecular formula is C22H26N2O5S. The van der Waals surface area contributed by atoms with Crippen LogP contribution < -0.4 is 14.4 Å². The predicted octanol–water partition coefficient (Wildman–Crippen LogP) is 1.76. The summed E-state index contributed by atoms with van der Waals surface area (Å²) in [5.74, 6) is 1.49. The molecule has 2 fully saturated rings. The zero-order chi connectivity index (χ0) is 21.3. The molecule has 2 aliphatic rings. The Morgan fingerprint density at radius 3 is 2.07 bits per heavy atom. The van der Waals surface area contributed by atoms with Crippen molar-refractivity contribution in [3.05, 3.63) is 54.1 Å². The molecule has 2 heterocycles. The lowest BCUT2D eigenvalue weighted by molar-refractivity contribution is -0.123. The number of fused-ring (bicyclic) bond motifs is 1. The van der Waals surface area contributed by atoms with Gasteiger partial charge in [0.25, 0.3) is 0 Å². The van der Waals surface area contributed by atoms with Crippen LogP contribution >= 0.6 is 0 Å². The SMILES string of the molecule is COc1ccc(CCN2CC(=O)N(c3ccc(OC)cc3)C3CS(=O)(=O)CC32)cc1. The van der Waals surface area contributed by atoms with Gasteiger partial charge in [-0.3, -0.25) is 9.69 Å². The Kier molecular flexibility index (Phi) is 5.71. The normalized spacial score (nSPS) is 23.3. The van der Waals surface area contributed by atoms with Crippen molar-refractivity contribution in [2.24, 2.45) is 0 Å². The van der Waals surface area contributed by atoms with E-state index < -0.39 is 9.84 Å². The highest BCUT2D eigenvalue weighted by atomic mass is 32.2. The molecule has 0 spiro atoms. The second kappa shape index (κ2) is 8.28. The van der Waals surface area contributed by atoms with Crippen LogP contribution in [0.1, 0.15) is 5.56 Å². The third-order valence-electron chi connectivity index (χ3n) is 5.90. The van der Waals surface area contributed by atoms with Gasteiger partial charge < -0.3 is 14.4 Å². The van der Waals surface area contributed by atoms with Gasteiger partial charge in [0, 0.05) is 18.3 Å². The predicted molar refractivity (Wildman–Crippen MR) is 115 cm³/mol. The van der Waals surface area contributed by atoms with Gasteiger partial charge in [-0.15, -0.1) is 0 Å². The van der Waals surface area contributed by atoms with Crippen LogP contribution in [-0.2, 0) is 21.1 Å². The second-order valence-electron chi connectivity index (χ2n) is 7.74.